The Bertz CT molecular complexity index is 550. The van der Waals surface area contributed by atoms with E-state index in [2.05, 4.69) is 10.5 Å². The molecule has 21 heavy (non-hydrogen) atoms. The number of hydrogen-bond donors (Lipinski definition) is 2. The van der Waals surface area contributed by atoms with Crippen molar-refractivity contribution in [1.29, 1.82) is 0 Å². The normalized spacial score (nSPS) is 17.1. The van der Waals surface area contributed by atoms with Crippen LogP contribution in [0.25, 0.3) is 0 Å². The maximum atomic E-state index is 12.5. The number of carboxylic acids is 1. The second-order valence-corrected chi connectivity index (χ2v) is 6.24. The highest BCUT2D eigenvalue weighted by Gasteiger charge is 2.35. The standard InChI is InChI=1S/C15H22N2O4/c1-9(2)15(3,8-12(18)19)16-14(20)13-10-6-4-5-7-11(10)21-17-13/h9H,4-8H2,1-3H3,(H,16,20)(H,18,19). The SMILES string of the molecule is CC(C)C(C)(CC(=O)O)NC(=O)c1noc2c1CCCC2. The molecule has 1 atom stereocenters. The Labute approximate surface area is 123 Å². The maximum Gasteiger partial charge on any atom is 0.305 e. The van der Waals surface area contributed by atoms with Crippen molar-refractivity contribution < 1.29 is 19.2 Å². The third kappa shape index (κ3) is 3.25. The van der Waals surface area contributed by atoms with Gasteiger partial charge in [-0.2, -0.15) is 0 Å². The van der Waals surface area contributed by atoms with E-state index in [1.165, 1.54) is 0 Å². The quantitative estimate of drug-likeness (QED) is 0.868. The predicted octanol–water partition coefficient (Wildman–Crippen LogP) is 2.17. The summed E-state index contributed by atoms with van der Waals surface area (Å²) in [6, 6.07) is 0. The number of carbonyl (C=O) groups excluding carboxylic acids is 1. The van der Waals surface area contributed by atoms with Crippen LogP contribution in [0.4, 0.5) is 0 Å². The van der Waals surface area contributed by atoms with Gasteiger partial charge in [-0.05, 0) is 32.1 Å². The van der Waals surface area contributed by atoms with Crippen LogP contribution in [0.3, 0.4) is 0 Å². The summed E-state index contributed by atoms with van der Waals surface area (Å²) in [6.45, 7) is 5.53. The Morgan fingerprint density at radius 2 is 2.05 bits per heavy atom. The summed E-state index contributed by atoms with van der Waals surface area (Å²) in [5, 5.41) is 15.8. The summed E-state index contributed by atoms with van der Waals surface area (Å²) in [7, 11) is 0. The lowest BCUT2D eigenvalue weighted by Gasteiger charge is -2.33. The van der Waals surface area contributed by atoms with Crippen molar-refractivity contribution in [2.75, 3.05) is 0 Å². The molecule has 0 radical (unpaired) electrons. The summed E-state index contributed by atoms with van der Waals surface area (Å²) in [6.07, 6.45) is 3.54. The molecule has 0 saturated heterocycles. The van der Waals surface area contributed by atoms with E-state index < -0.39 is 11.5 Å². The third-order valence-corrected chi connectivity index (χ3v) is 4.36. The van der Waals surface area contributed by atoms with Crippen molar-refractivity contribution in [2.45, 2.75) is 58.4 Å². The lowest BCUT2D eigenvalue weighted by atomic mass is 9.85. The number of hydrogen-bond acceptors (Lipinski definition) is 4. The lowest BCUT2D eigenvalue weighted by molar-refractivity contribution is -0.138. The number of amides is 1. The summed E-state index contributed by atoms with van der Waals surface area (Å²) < 4.78 is 5.24. The van der Waals surface area contributed by atoms with Crippen LogP contribution in [0, 0.1) is 5.92 Å². The Kier molecular flexibility index (Phi) is 4.34. The number of aromatic nitrogens is 1. The fourth-order valence-corrected chi connectivity index (χ4v) is 2.59. The second kappa shape index (κ2) is 5.87. The van der Waals surface area contributed by atoms with E-state index in [1.54, 1.807) is 6.92 Å². The first kappa shape index (κ1) is 15.5. The Balaban J connectivity index is 2.19. The van der Waals surface area contributed by atoms with E-state index in [4.69, 9.17) is 9.63 Å². The zero-order valence-corrected chi connectivity index (χ0v) is 12.7. The molecule has 1 aliphatic carbocycles. The van der Waals surface area contributed by atoms with Crippen LogP contribution in [0.2, 0.25) is 0 Å². The Hall–Kier alpha value is -1.85. The largest absolute Gasteiger partial charge is 0.481 e. The molecule has 116 valence electrons. The van der Waals surface area contributed by atoms with Gasteiger partial charge in [0.25, 0.3) is 5.91 Å². The predicted molar refractivity (Wildman–Crippen MR) is 76.1 cm³/mol. The van der Waals surface area contributed by atoms with Gasteiger partial charge in [0.2, 0.25) is 0 Å². The maximum absolute atomic E-state index is 12.5. The smallest absolute Gasteiger partial charge is 0.305 e. The molecular weight excluding hydrogens is 272 g/mol. The molecule has 0 aromatic carbocycles. The number of aryl methyl sites for hydroxylation is 1. The summed E-state index contributed by atoms with van der Waals surface area (Å²) in [5.74, 6) is -0.510. The first-order valence-corrected chi connectivity index (χ1v) is 7.35. The molecule has 0 fully saturated rings. The molecular formula is C15H22N2O4. The van der Waals surface area contributed by atoms with E-state index in [-0.39, 0.29) is 18.2 Å². The van der Waals surface area contributed by atoms with E-state index in [0.717, 1.165) is 37.0 Å². The van der Waals surface area contributed by atoms with Crippen molar-refractivity contribution in [3.05, 3.63) is 17.0 Å². The van der Waals surface area contributed by atoms with Crippen LogP contribution < -0.4 is 5.32 Å². The van der Waals surface area contributed by atoms with Gasteiger partial charge >= 0.3 is 5.97 Å². The number of nitrogens with one attached hydrogen (secondary N) is 1. The molecule has 1 heterocycles. The number of carboxylic acid groups (broad SMARTS) is 1. The van der Waals surface area contributed by atoms with Gasteiger partial charge in [0.15, 0.2) is 5.69 Å². The summed E-state index contributed by atoms with van der Waals surface area (Å²) in [5.41, 5.74) is 0.366. The van der Waals surface area contributed by atoms with Gasteiger partial charge in [-0.1, -0.05) is 19.0 Å². The number of aliphatic carboxylic acids is 1. The van der Waals surface area contributed by atoms with Crippen molar-refractivity contribution in [3.8, 4) is 0 Å². The third-order valence-electron chi connectivity index (χ3n) is 4.36. The van der Waals surface area contributed by atoms with Crippen LogP contribution in [0.15, 0.2) is 4.52 Å². The fraction of sp³-hybridized carbons (Fsp3) is 0.667. The molecule has 1 unspecified atom stereocenters. The van der Waals surface area contributed by atoms with Crippen LogP contribution in [0.5, 0.6) is 0 Å². The topological polar surface area (TPSA) is 92.4 Å². The van der Waals surface area contributed by atoms with Gasteiger partial charge in [0.1, 0.15) is 5.76 Å². The van der Waals surface area contributed by atoms with E-state index >= 15 is 0 Å². The molecule has 1 aromatic heterocycles. The zero-order chi connectivity index (χ0) is 15.6. The summed E-state index contributed by atoms with van der Waals surface area (Å²) in [4.78, 5) is 23.5. The van der Waals surface area contributed by atoms with Gasteiger partial charge < -0.3 is 14.9 Å². The first-order valence-electron chi connectivity index (χ1n) is 7.35. The van der Waals surface area contributed by atoms with Crippen molar-refractivity contribution >= 4 is 11.9 Å². The average molecular weight is 294 g/mol. The molecule has 0 aliphatic heterocycles. The number of fused-ring (bicyclic) bond motifs is 1. The van der Waals surface area contributed by atoms with Gasteiger partial charge in [0.05, 0.1) is 12.0 Å². The lowest BCUT2D eigenvalue weighted by Crippen LogP contribution is -2.51. The van der Waals surface area contributed by atoms with Crippen LogP contribution >= 0.6 is 0 Å². The number of carbonyl (C=O) groups is 2. The number of nitrogens with zero attached hydrogens (tertiary/aromatic N) is 1. The minimum atomic E-state index is -0.936. The number of rotatable bonds is 5. The molecule has 6 heteroatoms. The van der Waals surface area contributed by atoms with E-state index in [0.29, 0.717) is 5.69 Å². The molecule has 0 saturated carbocycles. The molecule has 2 rings (SSSR count). The van der Waals surface area contributed by atoms with Gasteiger partial charge in [-0.3, -0.25) is 9.59 Å². The molecule has 1 aromatic rings. The van der Waals surface area contributed by atoms with Gasteiger partial charge in [-0.25, -0.2) is 0 Å². The molecule has 2 N–H and O–H groups in total. The van der Waals surface area contributed by atoms with Crippen LogP contribution in [0.1, 0.15) is 61.8 Å². The summed E-state index contributed by atoms with van der Waals surface area (Å²) >= 11 is 0. The molecule has 1 aliphatic rings. The van der Waals surface area contributed by atoms with Gasteiger partial charge in [-0.15, -0.1) is 0 Å². The van der Waals surface area contributed by atoms with Crippen molar-refractivity contribution in [3.63, 3.8) is 0 Å². The average Bonchev–Trinajstić information content (AvgIpc) is 2.81. The molecule has 1 amide bonds. The molecule has 6 nitrogen and oxygen atoms in total. The van der Waals surface area contributed by atoms with Crippen LogP contribution in [-0.4, -0.2) is 27.7 Å². The van der Waals surface area contributed by atoms with E-state index in [9.17, 15) is 9.59 Å². The monoisotopic (exact) mass is 294 g/mol. The second-order valence-electron chi connectivity index (χ2n) is 6.24. The minimum absolute atomic E-state index is 0.0136. The van der Waals surface area contributed by atoms with Crippen molar-refractivity contribution in [1.82, 2.24) is 10.5 Å². The highest BCUT2D eigenvalue weighted by atomic mass is 16.5. The highest BCUT2D eigenvalue weighted by Crippen LogP contribution is 2.26. The van der Waals surface area contributed by atoms with Crippen molar-refractivity contribution in [2.24, 2.45) is 5.92 Å². The van der Waals surface area contributed by atoms with Gasteiger partial charge in [0, 0.05) is 12.0 Å². The molecule has 0 bridgehead atoms. The fourth-order valence-electron chi connectivity index (χ4n) is 2.59. The minimum Gasteiger partial charge on any atom is -0.481 e. The highest BCUT2D eigenvalue weighted by molar-refractivity contribution is 5.94. The van der Waals surface area contributed by atoms with Crippen LogP contribution in [-0.2, 0) is 17.6 Å². The van der Waals surface area contributed by atoms with E-state index in [1.807, 2.05) is 13.8 Å². The molecule has 0 spiro atoms. The Morgan fingerprint density at radius 1 is 1.38 bits per heavy atom. The Morgan fingerprint density at radius 3 is 2.67 bits per heavy atom. The zero-order valence-electron chi connectivity index (χ0n) is 12.7. The first-order chi connectivity index (χ1) is 9.83.